The maximum absolute atomic E-state index is 12.6. The largest absolute Gasteiger partial charge is 0.348 e. The van der Waals surface area contributed by atoms with Gasteiger partial charge in [-0.15, -0.1) is 11.3 Å². The van der Waals surface area contributed by atoms with E-state index in [1.807, 2.05) is 25.1 Å². The van der Waals surface area contributed by atoms with Crippen LogP contribution in [0.4, 0.5) is 0 Å². The molecule has 3 rings (SSSR count). The van der Waals surface area contributed by atoms with E-state index in [4.69, 9.17) is 5.73 Å². The number of nitrogens with one attached hydrogen (secondary N) is 1. The van der Waals surface area contributed by atoms with Crippen LogP contribution in [0.25, 0.3) is 0 Å². The maximum atomic E-state index is 12.6. The quantitative estimate of drug-likeness (QED) is 0.886. The summed E-state index contributed by atoms with van der Waals surface area (Å²) in [4.78, 5) is 17.9. The second-order valence-corrected chi connectivity index (χ2v) is 7.27. The molecule has 0 spiro atoms. The lowest BCUT2D eigenvalue weighted by Gasteiger charge is -2.19. The fraction of sp³-hybridized carbons (Fsp3) is 0.444. The first-order valence-corrected chi connectivity index (χ1v) is 9.00. The second kappa shape index (κ2) is 7.23. The van der Waals surface area contributed by atoms with Gasteiger partial charge in [0.25, 0.3) is 5.91 Å². The Morgan fingerprint density at radius 3 is 2.87 bits per heavy atom. The van der Waals surface area contributed by atoms with E-state index in [2.05, 4.69) is 22.4 Å². The Morgan fingerprint density at radius 1 is 1.35 bits per heavy atom. The zero-order valence-corrected chi connectivity index (χ0v) is 14.2. The SMILES string of the molecule is Cc1nc(Cc2ccccc2)sc1C(=O)NC1CCCC1CN. The van der Waals surface area contributed by atoms with Crippen LogP contribution < -0.4 is 11.1 Å². The molecule has 0 aliphatic heterocycles. The van der Waals surface area contributed by atoms with E-state index in [1.165, 1.54) is 16.9 Å². The van der Waals surface area contributed by atoms with E-state index in [-0.39, 0.29) is 11.9 Å². The molecule has 0 bridgehead atoms. The highest BCUT2D eigenvalue weighted by molar-refractivity contribution is 7.13. The van der Waals surface area contributed by atoms with E-state index < -0.39 is 0 Å². The van der Waals surface area contributed by atoms with Crippen molar-refractivity contribution in [3.8, 4) is 0 Å². The van der Waals surface area contributed by atoms with Gasteiger partial charge >= 0.3 is 0 Å². The number of thiazole rings is 1. The Morgan fingerprint density at radius 2 is 2.13 bits per heavy atom. The molecule has 122 valence electrons. The average Bonchev–Trinajstić information content (AvgIpc) is 3.14. The van der Waals surface area contributed by atoms with E-state index in [0.29, 0.717) is 12.5 Å². The van der Waals surface area contributed by atoms with Crippen LogP contribution in [0, 0.1) is 12.8 Å². The molecule has 3 N–H and O–H groups in total. The molecule has 1 heterocycles. The molecule has 1 aliphatic rings. The van der Waals surface area contributed by atoms with Gasteiger partial charge < -0.3 is 11.1 Å². The van der Waals surface area contributed by atoms with E-state index in [9.17, 15) is 4.79 Å². The number of hydrogen-bond donors (Lipinski definition) is 2. The molecule has 0 radical (unpaired) electrons. The van der Waals surface area contributed by atoms with Crippen LogP contribution in [0.1, 0.15) is 45.2 Å². The van der Waals surface area contributed by atoms with Crippen LogP contribution >= 0.6 is 11.3 Å². The zero-order chi connectivity index (χ0) is 16.2. The normalized spacial score (nSPS) is 20.6. The highest BCUT2D eigenvalue weighted by atomic mass is 32.1. The Hall–Kier alpha value is -1.72. The Kier molecular flexibility index (Phi) is 5.08. The van der Waals surface area contributed by atoms with Gasteiger partial charge in [0.05, 0.1) is 10.7 Å². The fourth-order valence-corrected chi connectivity index (χ4v) is 4.25. The highest BCUT2D eigenvalue weighted by Crippen LogP contribution is 2.26. The van der Waals surface area contributed by atoms with Crippen LogP contribution in [-0.2, 0) is 6.42 Å². The monoisotopic (exact) mass is 329 g/mol. The third-order valence-corrected chi connectivity index (χ3v) is 5.68. The highest BCUT2D eigenvalue weighted by Gasteiger charge is 2.28. The molecule has 2 aromatic rings. The number of aromatic nitrogens is 1. The van der Waals surface area contributed by atoms with Crippen molar-refractivity contribution in [3.63, 3.8) is 0 Å². The molecule has 5 heteroatoms. The van der Waals surface area contributed by atoms with Crippen LogP contribution in [0.3, 0.4) is 0 Å². The zero-order valence-electron chi connectivity index (χ0n) is 13.4. The molecule has 1 saturated carbocycles. The third kappa shape index (κ3) is 3.79. The van der Waals surface area contributed by atoms with Crippen molar-refractivity contribution in [2.24, 2.45) is 11.7 Å². The summed E-state index contributed by atoms with van der Waals surface area (Å²) in [6.07, 6.45) is 4.06. The van der Waals surface area contributed by atoms with Gasteiger partial charge in [-0.05, 0) is 37.8 Å². The minimum absolute atomic E-state index is 0.00432. The average molecular weight is 329 g/mol. The first-order valence-electron chi connectivity index (χ1n) is 8.18. The molecule has 4 nitrogen and oxygen atoms in total. The Labute approximate surface area is 141 Å². The molecule has 1 aromatic carbocycles. The summed E-state index contributed by atoms with van der Waals surface area (Å²) in [6, 6.07) is 10.4. The van der Waals surface area contributed by atoms with Gasteiger partial charge in [0.15, 0.2) is 0 Å². The summed E-state index contributed by atoms with van der Waals surface area (Å²) in [5.41, 5.74) is 7.83. The molecule has 2 atom stereocenters. The first-order chi connectivity index (χ1) is 11.2. The summed E-state index contributed by atoms with van der Waals surface area (Å²) >= 11 is 1.50. The second-order valence-electron chi connectivity index (χ2n) is 6.19. The van der Waals surface area contributed by atoms with Gasteiger partial charge in [-0.1, -0.05) is 36.8 Å². The number of nitrogens with two attached hydrogens (primary N) is 1. The lowest BCUT2D eigenvalue weighted by atomic mass is 10.0. The molecule has 1 aliphatic carbocycles. The Balaban J connectivity index is 1.69. The van der Waals surface area contributed by atoms with Crippen molar-refractivity contribution in [1.82, 2.24) is 10.3 Å². The first kappa shape index (κ1) is 16.1. The van der Waals surface area contributed by atoms with Crippen molar-refractivity contribution in [2.45, 2.75) is 38.6 Å². The molecular formula is C18H23N3OS. The summed E-state index contributed by atoms with van der Waals surface area (Å²) in [6.45, 7) is 2.56. The number of aryl methyl sites for hydroxylation is 1. The number of hydrogen-bond acceptors (Lipinski definition) is 4. The smallest absolute Gasteiger partial charge is 0.263 e. The fourth-order valence-electron chi connectivity index (χ4n) is 3.25. The van der Waals surface area contributed by atoms with Crippen molar-refractivity contribution in [2.75, 3.05) is 6.54 Å². The summed E-state index contributed by atoms with van der Waals surface area (Å²) in [5.74, 6) is 0.417. The number of carbonyl (C=O) groups is 1. The molecule has 1 fully saturated rings. The molecular weight excluding hydrogens is 306 g/mol. The van der Waals surface area contributed by atoms with E-state index in [0.717, 1.165) is 41.3 Å². The molecule has 1 amide bonds. The number of carbonyl (C=O) groups excluding carboxylic acids is 1. The maximum Gasteiger partial charge on any atom is 0.263 e. The summed E-state index contributed by atoms with van der Waals surface area (Å²) in [7, 11) is 0. The number of benzene rings is 1. The summed E-state index contributed by atoms with van der Waals surface area (Å²) < 4.78 is 0. The van der Waals surface area contributed by atoms with Gasteiger partial charge in [0.2, 0.25) is 0 Å². The lowest BCUT2D eigenvalue weighted by Crippen LogP contribution is -2.39. The van der Waals surface area contributed by atoms with Gasteiger partial charge in [-0.25, -0.2) is 4.98 Å². The lowest BCUT2D eigenvalue weighted by molar-refractivity contribution is 0.0932. The summed E-state index contributed by atoms with van der Waals surface area (Å²) in [5, 5.41) is 4.15. The third-order valence-electron chi connectivity index (χ3n) is 4.52. The topological polar surface area (TPSA) is 68.0 Å². The van der Waals surface area contributed by atoms with Crippen LogP contribution in [0.15, 0.2) is 30.3 Å². The predicted octanol–water partition coefficient (Wildman–Crippen LogP) is 2.90. The van der Waals surface area contributed by atoms with E-state index in [1.54, 1.807) is 0 Å². The van der Waals surface area contributed by atoms with E-state index >= 15 is 0 Å². The number of amides is 1. The number of nitrogens with zero attached hydrogens (tertiary/aromatic N) is 1. The van der Waals surface area contributed by atoms with Crippen LogP contribution in [0.5, 0.6) is 0 Å². The van der Waals surface area contributed by atoms with Crippen molar-refractivity contribution >= 4 is 17.2 Å². The molecule has 23 heavy (non-hydrogen) atoms. The van der Waals surface area contributed by atoms with Gasteiger partial charge in [-0.2, -0.15) is 0 Å². The minimum atomic E-state index is 0.00432. The van der Waals surface area contributed by atoms with Crippen molar-refractivity contribution in [3.05, 3.63) is 51.5 Å². The molecule has 0 saturated heterocycles. The van der Waals surface area contributed by atoms with Crippen LogP contribution in [0.2, 0.25) is 0 Å². The van der Waals surface area contributed by atoms with Gasteiger partial charge in [0, 0.05) is 12.5 Å². The predicted molar refractivity (Wildman–Crippen MR) is 93.7 cm³/mol. The van der Waals surface area contributed by atoms with Gasteiger partial charge in [-0.3, -0.25) is 4.79 Å². The van der Waals surface area contributed by atoms with Crippen molar-refractivity contribution in [1.29, 1.82) is 0 Å². The van der Waals surface area contributed by atoms with Crippen LogP contribution in [-0.4, -0.2) is 23.5 Å². The number of rotatable bonds is 5. The van der Waals surface area contributed by atoms with Gasteiger partial charge in [0.1, 0.15) is 4.88 Å². The minimum Gasteiger partial charge on any atom is -0.348 e. The van der Waals surface area contributed by atoms with Crippen molar-refractivity contribution < 1.29 is 4.79 Å². The Bertz CT molecular complexity index is 668. The standard InChI is InChI=1S/C18H23N3OS/c1-12-17(18(22)21-15-9-5-8-14(15)11-19)23-16(20-12)10-13-6-3-2-4-7-13/h2-4,6-7,14-15H,5,8-11,19H2,1H3,(H,21,22). The molecule has 1 aromatic heterocycles. The molecule has 2 unspecified atom stereocenters.